The SMILES string of the molecule is Cc1cc(Br)c2ccc(Cl)c(Cl)c2n1. The summed E-state index contributed by atoms with van der Waals surface area (Å²) in [5, 5.41) is 2.02. The monoisotopic (exact) mass is 289 g/mol. The third-order valence-electron chi connectivity index (χ3n) is 1.95. The minimum absolute atomic E-state index is 0.508. The molecule has 1 heterocycles. The van der Waals surface area contributed by atoms with Crippen LogP contribution in [0.4, 0.5) is 0 Å². The molecule has 0 aliphatic rings. The first kappa shape index (κ1) is 10.2. The highest BCUT2D eigenvalue weighted by Gasteiger charge is 2.08. The van der Waals surface area contributed by atoms with Gasteiger partial charge in [-0.3, -0.25) is 4.98 Å². The highest BCUT2D eigenvalue weighted by Crippen LogP contribution is 2.33. The second-order valence-corrected chi connectivity index (χ2v) is 4.64. The van der Waals surface area contributed by atoms with Gasteiger partial charge in [-0.05, 0) is 19.1 Å². The summed E-state index contributed by atoms with van der Waals surface area (Å²) in [5.74, 6) is 0. The molecule has 0 spiro atoms. The molecule has 0 saturated heterocycles. The fraction of sp³-hybridized carbons (Fsp3) is 0.100. The number of halogens is 3. The molecule has 0 unspecified atom stereocenters. The van der Waals surface area contributed by atoms with Crippen LogP contribution >= 0.6 is 39.1 Å². The van der Waals surface area contributed by atoms with Crippen LogP contribution in [0.1, 0.15) is 5.69 Å². The Morgan fingerprint density at radius 3 is 2.71 bits per heavy atom. The van der Waals surface area contributed by atoms with Gasteiger partial charge in [-0.2, -0.15) is 0 Å². The summed E-state index contributed by atoms with van der Waals surface area (Å²) in [6.45, 7) is 1.92. The van der Waals surface area contributed by atoms with Crippen LogP contribution in [0.2, 0.25) is 10.0 Å². The maximum Gasteiger partial charge on any atom is 0.0917 e. The van der Waals surface area contributed by atoms with Crippen molar-refractivity contribution in [1.29, 1.82) is 0 Å². The Hall–Kier alpha value is -0.310. The topological polar surface area (TPSA) is 12.9 Å². The van der Waals surface area contributed by atoms with Crippen molar-refractivity contribution < 1.29 is 0 Å². The van der Waals surface area contributed by atoms with Crippen LogP contribution in [0.3, 0.4) is 0 Å². The molecule has 2 rings (SSSR count). The maximum absolute atomic E-state index is 6.05. The van der Waals surface area contributed by atoms with Crippen molar-refractivity contribution in [3.8, 4) is 0 Å². The lowest BCUT2D eigenvalue weighted by Gasteiger charge is -2.04. The Morgan fingerprint density at radius 1 is 1.29 bits per heavy atom. The molecule has 0 amide bonds. The van der Waals surface area contributed by atoms with E-state index in [1.54, 1.807) is 6.07 Å². The number of aryl methyl sites for hydroxylation is 1. The van der Waals surface area contributed by atoms with Gasteiger partial charge < -0.3 is 0 Å². The molecular weight excluding hydrogens is 285 g/mol. The molecule has 1 nitrogen and oxygen atoms in total. The molecule has 0 radical (unpaired) electrons. The fourth-order valence-electron chi connectivity index (χ4n) is 1.31. The van der Waals surface area contributed by atoms with E-state index in [1.165, 1.54) is 0 Å². The van der Waals surface area contributed by atoms with E-state index in [2.05, 4.69) is 20.9 Å². The van der Waals surface area contributed by atoms with Crippen LogP contribution in [-0.2, 0) is 0 Å². The Kier molecular flexibility index (Phi) is 2.69. The molecule has 72 valence electrons. The van der Waals surface area contributed by atoms with Gasteiger partial charge in [0.25, 0.3) is 0 Å². The molecule has 0 bridgehead atoms. The van der Waals surface area contributed by atoms with E-state index in [4.69, 9.17) is 23.2 Å². The van der Waals surface area contributed by atoms with Gasteiger partial charge >= 0.3 is 0 Å². The Bertz CT molecular complexity index is 511. The molecule has 0 fully saturated rings. The van der Waals surface area contributed by atoms with Gasteiger partial charge in [-0.15, -0.1) is 0 Å². The molecular formula is C10H6BrCl2N. The van der Waals surface area contributed by atoms with E-state index in [-0.39, 0.29) is 0 Å². The van der Waals surface area contributed by atoms with Gasteiger partial charge in [0.1, 0.15) is 0 Å². The standard InChI is InChI=1S/C10H6BrCl2N/c1-5-4-7(11)6-2-3-8(12)9(13)10(6)14-5/h2-4H,1H3. The molecule has 4 heteroatoms. The predicted octanol–water partition coefficient (Wildman–Crippen LogP) is 4.61. The predicted molar refractivity (Wildman–Crippen MR) is 64.2 cm³/mol. The van der Waals surface area contributed by atoms with Crippen LogP contribution in [-0.4, -0.2) is 4.98 Å². The highest BCUT2D eigenvalue weighted by atomic mass is 79.9. The molecule has 1 aromatic heterocycles. The number of benzene rings is 1. The van der Waals surface area contributed by atoms with E-state index in [0.29, 0.717) is 10.0 Å². The van der Waals surface area contributed by atoms with Crippen LogP contribution < -0.4 is 0 Å². The zero-order valence-corrected chi connectivity index (χ0v) is 10.4. The van der Waals surface area contributed by atoms with Crippen molar-refractivity contribution >= 4 is 50.0 Å². The van der Waals surface area contributed by atoms with Crippen LogP contribution in [0.15, 0.2) is 22.7 Å². The second-order valence-electron chi connectivity index (χ2n) is 3.00. The van der Waals surface area contributed by atoms with Crippen molar-refractivity contribution in [3.05, 3.63) is 38.4 Å². The smallest absolute Gasteiger partial charge is 0.0917 e. The average molecular weight is 291 g/mol. The molecule has 0 aliphatic heterocycles. The quantitative estimate of drug-likeness (QED) is 0.690. The van der Waals surface area contributed by atoms with Crippen molar-refractivity contribution in [2.75, 3.05) is 0 Å². The van der Waals surface area contributed by atoms with Crippen molar-refractivity contribution in [3.63, 3.8) is 0 Å². The van der Waals surface area contributed by atoms with Gasteiger partial charge in [-0.25, -0.2) is 0 Å². The van der Waals surface area contributed by atoms with E-state index < -0.39 is 0 Å². The molecule has 0 N–H and O–H groups in total. The van der Waals surface area contributed by atoms with E-state index in [9.17, 15) is 0 Å². The lowest BCUT2D eigenvalue weighted by Crippen LogP contribution is -1.86. The van der Waals surface area contributed by atoms with Crippen molar-refractivity contribution in [2.45, 2.75) is 6.92 Å². The van der Waals surface area contributed by atoms with Crippen molar-refractivity contribution in [1.82, 2.24) is 4.98 Å². The number of hydrogen-bond acceptors (Lipinski definition) is 1. The third kappa shape index (κ3) is 1.62. The summed E-state index contributed by atoms with van der Waals surface area (Å²) in [6.07, 6.45) is 0. The highest BCUT2D eigenvalue weighted by molar-refractivity contribution is 9.10. The molecule has 2 aromatic rings. The number of nitrogens with zero attached hydrogens (tertiary/aromatic N) is 1. The first-order valence-electron chi connectivity index (χ1n) is 4.00. The molecule has 0 atom stereocenters. The minimum atomic E-state index is 0.508. The summed E-state index contributed by atoms with van der Waals surface area (Å²) in [6, 6.07) is 5.63. The van der Waals surface area contributed by atoms with Gasteiger partial charge in [-0.1, -0.05) is 45.2 Å². The Balaban J connectivity index is 2.95. The minimum Gasteiger partial charge on any atom is -0.251 e. The number of hydrogen-bond donors (Lipinski definition) is 0. The van der Waals surface area contributed by atoms with Crippen molar-refractivity contribution in [2.24, 2.45) is 0 Å². The summed E-state index contributed by atoms with van der Waals surface area (Å²) >= 11 is 15.4. The zero-order valence-electron chi connectivity index (χ0n) is 7.31. The summed E-state index contributed by atoms with van der Waals surface area (Å²) < 4.78 is 0.985. The normalized spacial score (nSPS) is 10.9. The molecule has 0 aliphatic carbocycles. The van der Waals surface area contributed by atoms with E-state index >= 15 is 0 Å². The first-order chi connectivity index (χ1) is 6.59. The molecule has 14 heavy (non-hydrogen) atoms. The van der Waals surface area contributed by atoms with Crippen LogP contribution in [0, 0.1) is 6.92 Å². The average Bonchev–Trinajstić information content (AvgIpc) is 2.12. The first-order valence-corrected chi connectivity index (χ1v) is 5.55. The number of fused-ring (bicyclic) bond motifs is 1. The lowest BCUT2D eigenvalue weighted by atomic mass is 10.2. The fourth-order valence-corrected chi connectivity index (χ4v) is 2.32. The largest absolute Gasteiger partial charge is 0.251 e. The summed E-state index contributed by atoms with van der Waals surface area (Å²) in [4.78, 5) is 4.35. The lowest BCUT2D eigenvalue weighted by molar-refractivity contribution is 1.25. The maximum atomic E-state index is 6.05. The number of pyridine rings is 1. The van der Waals surface area contributed by atoms with Crippen LogP contribution in [0.5, 0.6) is 0 Å². The van der Waals surface area contributed by atoms with E-state index in [0.717, 1.165) is 21.1 Å². The van der Waals surface area contributed by atoms with Gasteiger partial charge in [0.15, 0.2) is 0 Å². The zero-order chi connectivity index (χ0) is 10.3. The Labute approximate surface area is 100 Å². The Morgan fingerprint density at radius 2 is 2.00 bits per heavy atom. The van der Waals surface area contributed by atoms with Gasteiger partial charge in [0.05, 0.1) is 15.6 Å². The van der Waals surface area contributed by atoms with Gasteiger partial charge in [0.2, 0.25) is 0 Å². The molecule has 1 aromatic carbocycles. The number of aromatic nitrogens is 1. The van der Waals surface area contributed by atoms with E-state index in [1.807, 2.05) is 19.1 Å². The summed E-state index contributed by atoms with van der Waals surface area (Å²) in [5.41, 5.74) is 1.65. The van der Waals surface area contributed by atoms with Crippen LogP contribution in [0.25, 0.3) is 10.9 Å². The third-order valence-corrected chi connectivity index (χ3v) is 3.40. The number of rotatable bonds is 0. The summed E-state index contributed by atoms with van der Waals surface area (Å²) in [7, 11) is 0. The molecule has 0 saturated carbocycles. The van der Waals surface area contributed by atoms with Gasteiger partial charge in [0, 0.05) is 15.6 Å². The second kappa shape index (κ2) is 3.69.